The average molecular weight is 258 g/mol. The van der Waals surface area contributed by atoms with E-state index in [4.69, 9.17) is 0 Å². The van der Waals surface area contributed by atoms with Gasteiger partial charge in [0.2, 0.25) is 0 Å². The molecule has 1 atom stereocenters. The van der Waals surface area contributed by atoms with Crippen molar-refractivity contribution in [3.05, 3.63) is 34.9 Å². The Bertz CT molecular complexity index is 465. The van der Waals surface area contributed by atoms with Crippen molar-refractivity contribution in [1.82, 2.24) is 0 Å². The van der Waals surface area contributed by atoms with Gasteiger partial charge in [-0.1, -0.05) is 45.9 Å². The summed E-state index contributed by atoms with van der Waals surface area (Å²) >= 11 is 0. The molecule has 0 N–H and O–H groups in total. The Morgan fingerprint density at radius 2 is 1.89 bits per heavy atom. The Kier molecular flexibility index (Phi) is 4.13. The van der Waals surface area contributed by atoms with Gasteiger partial charge in [-0.3, -0.25) is 4.79 Å². The predicted octanol–water partition coefficient (Wildman–Crippen LogP) is 4.36. The molecule has 0 aromatic heterocycles. The van der Waals surface area contributed by atoms with Gasteiger partial charge in [-0.2, -0.15) is 0 Å². The molecular formula is C18H26O. The summed E-state index contributed by atoms with van der Waals surface area (Å²) in [6.07, 6.45) is 4.97. The van der Waals surface area contributed by atoms with E-state index in [9.17, 15) is 4.79 Å². The molecule has 1 nitrogen and oxygen atoms in total. The van der Waals surface area contributed by atoms with E-state index in [1.54, 1.807) is 0 Å². The number of aryl methyl sites for hydroxylation is 2. The van der Waals surface area contributed by atoms with Crippen molar-refractivity contribution in [3.63, 3.8) is 0 Å². The Morgan fingerprint density at radius 3 is 2.58 bits per heavy atom. The zero-order valence-electron chi connectivity index (χ0n) is 12.8. The second-order valence-corrected chi connectivity index (χ2v) is 7.14. The van der Waals surface area contributed by atoms with Crippen LogP contribution in [0, 0.1) is 11.3 Å². The molecule has 0 fully saturated rings. The molecule has 1 aliphatic rings. The molecule has 0 saturated heterocycles. The van der Waals surface area contributed by atoms with E-state index >= 15 is 0 Å². The first kappa shape index (κ1) is 14.3. The maximum absolute atomic E-state index is 12.2. The maximum atomic E-state index is 12.2. The van der Waals surface area contributed by atoms with Gasteiger partial charge in [-0.15, -0.1) is 0 Å². The lowest BCUT2D eigenvalue weighted by atomic mass is 9.79. The van der Waals surface area contributed by atoms with Crippen LogP contribution in [0.3, 0.4) is 0 Å². The van der Waals surface area contributed by atoms with Crippen molar-refractivity contribution in [1.29, 1.82) is 0 Å². The zero-order valence-corrected chi connectivity index (χ0v) is 12.8. The monoisotopic (exact) mass is 258 g/mol. The third kappa shape index (κ3) is 3.68. The van der Waals surface area contributed by atoms with Crippen molar-refractivity contribution in [2.24, 2.45) is 11.3 Å². The minimum Gasteiger partial charge on any atom is -0.299 e. The molecule has 1 unspecified atom stereocenters. The van der Waals surface area contributed by atoms with Gasteiger partial charge in [0.15, 0.2) is 0 Å². The van der Waals surface area contributed by atoms with Crippen LogP contribution in [-0.4, -0.2) is 5.78 Å². The summed E-state index contributed by atoms with van der Waals surface area (Å²) in [4.78, 5) is 12.2. The summed E-state index contributed by atoms with van der Waals surface area (Å²) in [5.74, 6) is 0.815. The highest BCUT2D eigenvalue weighted by Gasteiger charge is 2.22. The molecule has 0 radical (unpaired) electrons. The zero-order chi connectivity index (χ0) is 14.0. The molecule has 104 valence electrons. The lowest BCUT2D eigenvalue weighted by Gasteiger charge is -2.26. The van der Waals surface area contributed by atoms with Crippen molar-refractivity contribution in [2.45, 2.75) is 59.8 Å². The number of carbonyl (C=O) groups excluding carboxylic acids is 1. The SMILES string of the molecule is CC(CC(=O)Cc1ccc2c(c1)CCC2)C(C)(C)C. The maximum Gasteiger partial charge on any atom is 0.137 e. The number of carbonyl (C=O) groups is 1. The van der Waals surface area contributed by atoms with Gasteiger partial charge in [0.1, 0.15) is 5.78 Å². The summed E-state index contributed by atoms with van der Waals surface area (Å²) in [5, 5.41) is 0. The summed E-state index contributed by atoms with van der Waals surface area (Å²) in [5.41, 5.74) is 4.37. The standard InChI is InChI=1S/C18H26O/c1-13(18(2,3)4)10-17(19)12-14-8-9-15-6-5-7-16(15)11-14/h8-9,11,13H,5-7,10,12H2,1-4H3. The molecule has 0 saturated carbocycles. The van der Waals surface area contributed by atoms with E-state index in [0.29, 0.717) is 24.5 Å². The highest BCUT2D eigenvalue weighted by molar-refractivity contribution is 5.81. The molecule has 19 heavy (non-hydrogen) atoms. The average Bonchev–Trinajstić information content (AvgIpc) is 2.74. The Labute approximate surface area is 117 Å². The first-order valence-electron chi connectivity index (χ1n) is 7.48. The predicted molar refractivity (Wildman–Crippen MR) is 80.4 cm³/mol. The summed E-state index contributed by atoms with van der Waals surface area (Å²) in [6, 6.07) is 6.62. The van der Waals surface area contributed by atoms with Gasteiger partial charge in [-0.25, -0.2) is 0 Å². The molecule has 1 heteroatoms. The van der Waals surface area contributed by atoms with E-state index in [1.807, 2.05) is 0 Å². The molecule has 0 aliphatic heterocycles. The van der Waals surface area contributed by atoms with Crippen LogP contribution in [0.5, 0.6) is 0 Å². The number of ketones is 1. The van der Waals surface area contributed by atoms with Crippen LogP contribution in [-0.2, 0) is 24.1 Å². The lowest BCUT2D eigenvalue weighted by molar-refractivity contribution is -0.120. The molecule has 1 aromatic rings. The highest BCUT2D eigenvalue weighted by atomic mass is 16.1. The van der Waals surface area contributed by atoms with Crippen LogP contribution in [0.25, 0.3) is 0 Å². The van der Waals surface area contributed by atoms with E-state index in [2.05, 4.69) is 45.9 Å². The molecule has 2 rings (SSSR count). The van der Waals surface area contributed by atoms with Crippen molar-refractivity contribution in [2.75, 3.05) is 0 Å². The van der Waals surface area contributed by atoms with Gasteiger partial charge >= 0.3 is 0 Å². The smallest absolute Gasteiger partial charge is 0.137 e. The van der Waals surface area contributed by atoms with Crippen LogP contribution >= 0.6 is 0 Å². The second-order valence-electron chi connectivity index (χ2n) is 7.14. The van der Waals surface area contributed by atoms with Crippen LogP contribution < -0.4 is 0 Å². The van der Waals surface area contributed by atoms with Crippen LogP contribution in [0.4, 0.5) is 0 Å². The number of rotatable bonds is 4. The van der Waals surface area contributed by atoms with Crippen LogP contribution in [0.1, 0.15) is 57.2 Å². The number of hydrogen-bond acceptors (Lipinski definition) is 1. The first-order valence-corrected chi connectivity index (χ1v) is 7.48. The minimum atomic E-state index is 0.216. The van der Waals surface area contributed by atoms with Gasteiger partial charge in [0.05, 0.1) is 0 Å². The van der Waals surface area contributed by atoms with Gasteiger partial charge < -0.3 is 0 Å². The van der Waals surface area contributed by atoms with Gasteiger partial charge in [0, 0.05) is 12.8 Å². The fourth-order valence-corrected chi connectivity index (χ4v) is 2.68. The largest absolute Gasteiger partial charge is 0.299 e. The van der Waals surface area contributed by atoms with E-state index in [-0.39, 0.29) is 5.41 Å². The third-order valence-corrected chi connectivity index (χ3v) is 4.58. The third-order valence-electron chi connectivity index (χ3n) is 4.58. The molecule has 1 aliphatic carbocycles. The Balaban J connectivity index is 1.96. The molecular weight excluding hydrogens is 232 g/mol. The Morgan fingerprint density at radius 1 is 1.21 bits per heavy atom. The molecule has 1 aromatic carbocycles. The fraction of sp³-hybridized carbons (Fsp3) is 0.611. The first-order chi connectivity index (χ1) is 8.86. The highest BCUT2D eigenvalue weighted by Crippen LogP contribution is 2.29. The van der Waals surface area contributed by atoms with Gasteiger partial charge in [-0.05, 0) is 47.3 Å². The molecule has 0 bridgehead atoms. The van der Waals surface area contributed by atoms with Crippen LogP contribution in [0.2, 0.25) is 0 Å². The lowest BCUT2D eigenvalue weighted by Crippen LogP contribution is -2.21. The summed E-state index contributed by atoms with van der Waals surface area (Å²) < 4.78 is 0. The summed E-state index contributed by atoms with van der Waals surface area (Å²) in [7, 11) is 0. The van der Waals surface area contributed by atoms with Crippen molar-refractivity contribution >= 4 is 5.78 Å². The topological polar surface area (TPSA) is 17.1 Å². The van der Waals surface area contributed by atoms with E-state index < -0.39 is 0 Å². The number of benzene rings is 1. The van der Waals surface area contributed by atoms with E-state index in [0.717, 1.165) is 0 Å². The van der Waals surface area contributed by atoms with Gasteiger partial charge in [0.25, 0.3) is 0 Å². The summed E-state index contributed by atoms with van der Waals surface area (Å²) in [6.45, 7) is 8.81. The number of hydrogen-bond donors (Lipinski definition) is 0. The quantitative estimate of drug-likeness (QED) is 0.784. The Hall–Kier alpha value is -1.11. The molecule has 0 amide bonds. The van der Waals surface area contributed by atoms with Crippen molar-refractivity contribution in [3.8, 4) is 0 Å². The number of Topliss-reactive ketones (excluding diaryl/α,β-unsaturated/α-hetero) is 1. The molecule has 0 heterocycles. The minimum absolute atomic E-state index is 0.216. The van der Waals surface area contributed by atoms with Crippen LogP contribution in [0.15, 0.2) is 18.2 Å². The number of fused-ring (bicyclic) bond motifs is 1. The van der Waals surface area contributed by atoms with Crippen molar-refractivity contribution < 1.29 is 4.79 Å². The van der Waals surface area contributed by atoms with E-state index in [1.165, 1.54) is 36.0 Å². The normalized spacial score (nSPS) is 16.2. The fourth-order valence-electron chi connectivity index (χ4n) is 2.68. The molecule has 0 spiro atoms. The second kappa shape index (κ2) is 5.48.